The standard InChI is InChI=1S/C26H34N2O.C4H10/c1-6-16-28(19-23-13-8-7-9-14-23)26(29)18-24-17-21(4)25(22(5)27-24)15-11-10-12-20(2)3;1-3-4-2/h6-11,13-15,17,20-21,27H,1,5,12,16,18-19H2,2-4H3;3-4H2,1-2H3/b11-10-,25-15-;. The van der Waals surface area contributed by atoms with Crippen LogP contribution in [0.15, 0.2) is 90.8 Å². The maximum absolute atomic E-state index is 12.9. The lowest BCUT2D eigenvalue weighted by molar-refractivity contribution is -0.130. The van der Waals surface area contributed by atoms with Crippen LogP contribution in [0.4, 0.5) is 0 Å². The van der Waals surface area contributed by atoms with Crippen LogP contribution in [0.3, 0.4) is 0 Å². The van der Waals surface area contributed by atoms with Gasteiger partial charge in [-0.05, 0) is 23.5 Å². The van der Waals surface area contributed by atoms with Gasteiger partial charge >= 0.3 is 0 Å². The molecule has 0 bridgehead atoms. The number of rotatable bonds is 10. The molecule has 0 aromatic heterocycles. The topological polar surface area (TPSA) is 32.3 Å². The van der Waals surface area contributed by atoms with Gasteiger partial charge in [-0.1, -0.05) is 115 Å². The van der Waals surface area contributed by atoms with Crippen molar-refractivity contribution in [2.24, 2.45) is 11.8 Å². The Morgan fingerprint density at radius 3 is 2.39 bits per heavy atom. The van der Waals surface area contributed by atoms with Crippen molar-refractivity contribution in [3.8, 4) is 0 Å². The lowest BCUT2D eigenvalue weighted by atomic mass is 9.92. The fourth-order valence-electron chi connectivity index (χ4n) is 3.34. The molecule has 2 rings (SSSR count). The number of amides is 1. The zero-order valence-corrected chi connectivity index (χ0v) is 21.4. The van der Waals surface area contributed by atoms with E-state index in [-0.39, 0.29) is 11.8 Å². The van der Waals surface area contributed by atoms with E-state index in [4.69, 9.17) is 0 Å². The SMILES string of the molecule is C=CCN(Cc1ccccc1)C(=O)CC1=CC(C)/C(=C/C=C\CC(C)C)C(=C)N1.CCCC. The molecule has 3 nitrogen and oxygen atoms in total. The molecule has 0 aliphatic carbocycles. The molecule has 1 N–H and O–H groups in total. The second kappa shape index (κ2) is 15.9. The largest absolute Gasteiger partial charge is 0.359 e. The Morgan fingerprint density at radius 2 is 1.85 bits per heavy atom. The van der Waals surface area contributed by atoms with Crippen molar-refractivity contribution in [1.29, 1.82) is 0 Å². The summed E-state index contributed by atoms with van der Waals surface area (Å²) in [5.74, 6) is 0.954. The van der Waals surface area contributed by atoms with E-state index in [2.05, 4.69) is 77.4 Å². The van der Waals surface area contributed by atoms with Gasteiger partial charge < -0.3 is 10.2 Å². The highest BCUT2D eigenvalue weighted by atomic mass is 16.2. The number of allylic oxidation sites excluding steroid dienone is 5. The summed E-state index contributed by atoms with van der Waals surface area (Å²) in [5, 5.41) is 3.33. The van der Waals surface area contributed by atoms with Crippen molar-refractivity contribution in [3.63, 3.8) is 0 Å². The number of hydrogen-bond acceptors (Lipinski definition) is 2. The van der Waals surface area contributed by atoms with Crippen molar-refractivity contribution in [2.75, 3.05) is 6.54 Å². The van der Waals surface area contributed by atoms with Crippen molar-refractivity contribution in [1.82, 2.24) is 10.2 Å². The summed E-state index contributed by atoms with van der Waals surface area (Å²) >= 11 is 0. The molecule has 33 heavy (non-hydrogen) atoms. The van der Waals surface area contributed by atoms with Gasteiger partial charge in [-0.15, -0.1) is 6.58 Å². The summed E-state index contributed by atoms with van der Waals surface area (Å²) in [6.45, 7) is 20.0. The molecule has 180 valence electrons. The van der Waals surface area contributed by atoms with Crippen LogP contribution >= 0.6 is 0 Å². The van der Waals surface area contributed by atoms with Gasteiger partial charge in [-0.2, -0.15) is 0 Å². The molecule has 3 heteroatoms. The minimum atomic E-state index is 0.0803. The van der Waals surface area contributed by atoms with Gasteiger partial charge in [0.15, 0.2) is 0 Å². The number of nitrogens with zero attached hydrogens (tertiary/aromatic N) is 1. The van der Waals surface area contributed by atoms with E-state index in [1.807, 2.05) is 35.2 Å². The molecule has 0 radical (unpaired) electrons. The number of carbonyl (C=O) groups excluding carboxylic acids is 1. The van der Waals surface area contributed by atoms with Crippen LogP contribution in [0.25, 0.3) is 0 Å². The smallest absolute Gasteiger partial charge is 0.229 e. The maximum Gasteiger partial charge on any atom is 0.229 e. The number of carbonyl (C=O) groups is 1. The average Bonchev–Trinajstić information content (AvgIpc) is 2.78. The van der Waals surface area contributed by atoms with Crippen LogP contribution in [-0.2, 0) is 11.3 Å². The van der Waals surface area contributed by atoms with Crippen LogP contribution in [0.5, 0.6) is 0 Å². The van der Waals surface area contributed by atoms with Gasteiger partial charge in [-0.25, -0.2) is 0 Å². The first-order valence-electron chi connectivity index (χ1n) is 12.3. The Morgan fingerprint density at radius 1 is 1.18 bits per heavy atom. The summed E-state index contributed by atoms with van der Waals surface area (Å²) in [6.07, 6.45) is 14.4. The molecule has 0 spiro atoms. The second-order valence-electron chi connectivity index (χ2n) is 8.99. The first-order valence-corrected chi connectivity index (χ1v) is 12.3. The van der Waals surface area contributed by atoms with Crippen LogP contribution < -0.4 is 5.32 Å². The third-order valence-corrected chi connectivity index (χ3v) is 5.38. The minimum Gasteiger partial charge on any atom is -0.359 e. The van der Waals surface area contributed by atoms with Gasteiger partial charge in [0.05, 0.1) is 6.42 Å². The van der Waals surface area contributed by atoms with E-state index in [9.17, 15) is 4.79 Å². The van der Waals surface area contributed by atoms with Gasteiger partial charge in [0.1, 0.15) is 0 Å². The van der Waals surface area contributed by atoms with Crippen LogP contribution in [0.1, 0.15) is 65.9 Å². The van der Waals surface area contributed by atoms with Gasteiger partial charge in [0.25, 0.3) is 0 Å². The number of hydrogen-bond donors (Lipinski definition) is 1. The summed E-state index contributed by atoms with van der Waals surface area (Å²) in [4.78, 5) is 14.7. The van der Waals surface area contributed by atoms with E-state index < -0.39 is 0 Å². The van der Waals surface area contributed by atoms with Crippen LogP contribution in [0, 0.1) is 11.8 Å². The van der Waals surface area contributed by atoms with Crippen molar-refractivity contribution >= 4 is 5.91 Å². The molecule has 1 unspecified atom stereocenters. The zero-order chi connectivity index (χ0) is 24.6. The van der Waals surface area contributed by atoms with Crippen molar-refractivity contribution in [3.05, 3.63) is 96.4 Å². The minimum absolute atomic E-state index is 0.0803. The predicted molar refractivity (Wildman–Crippen MR) is 143 cm³/mol. The van der Waals surface area contributed by atoms with E-state index in [1.165, 1.54) is 12.8 Å². The van der Waals surface area contributed by atoms with E-state index in [0.717, 1.165) is 29.0 Å². The third-order valence-electron chi connectivity index (χ3n) is 5.38. The lowest BCUT2D eigenvalue weighted by Crippen LogP contribution is -2.33. The normalized spacial score (nSPS) is 16.8. The highest BCUT2D eigenvalue weighted by molar-refractivity contribution is 5.79. The third kappa shape index (κ3) is 11.1. The average molecular weight is 449 g/mol. The zero-order valence-electron chi connectivity index (χ0n) is 21.4. The highest BCUT2D eigenvalue weighted by Crippen LogP contribution is 2.26. The molecule has 1 aromatic rings. The highest BCUT2D eigenvalue weighted by Gasteiger charge is 2.21. The summed E-state index contributed by atoms with van der Waals surface area (Å²) in [5.41, 5.74) is 4.06. The molecule has 0 saturated heterocycles. The lowest BCUT2D eigenvalue weighted by Gasteiger charge is -2.27. The molecule has 1 atom stereocenters. The number of benzene rings is 1. The first-order chi connectivity index (χ1) is 15.8. The Labute approximate surface area is 202 Å². The predicted octanol–water partition coefficient (Wildman–Crippen LogP) is 7.56. The number of nitrogens with one attached hydrogen (secondary N) is 1. The monoisotopic (exact) mass is 448 g/mol. The molecule has 1 amide bonds. The Kier molecular flexibility index (Phi) is 13.6. The first kappa shape index (κ1) is 28.2. The fraction of sp³-hybridized carbons (Fsp3) is 0.433. The van der Waals surface area contributed by atoms with E-state index in [0.29, 0.717) is 25.4 Å². The van der Waals surface area contributed by atoms with Gasteiger partial charge in [0, 0.05) is 30.4 Å². The Hall–Kier alpha value is -2.81. The van der Waals surface area contributed by atoms with Gasteiger partial charge in [0.2, 0.25) is 5.91 Å². The summed E-state index contributed by atoms with van der Waals surface area (Å²) in [7, 11) is 0. The molecule has 1 aliphatic heterocycles. The van der Waals surface area contributed by atoms with Crippen molar-refractivity contribution in [2.45, 2.75) is 66.8 Å². The fourth-order valence-corrected chi connectivity index (χ4v) is 3.34. The van der Waals surface area contributed by atoms with E-state index in [1.54, 1.807) is 6.08 Å². The Balaban J connectivity index is 0.00000125. The van der Waals surface area contributed by atoms with Crippen LogP contribution in [0.2, 0.25) is 0 Å². The molecule has 1 aromatic carbocycles. The summed E-state index contributed by atoms with van der Waals surface area (Å²) in [6, 6.07) is 10.0. The van der Waals surface area contributed by atoms with Crippen molar-refractivity contribution < 1.29 is 4.79 Å². The summed E-state index contributed by atoms with van der Waals surface area (Å²) < 4.78 is 0. The molecule has 0 fully saturated rings. The van der Waals surface area contributed by atoms with E-state index >= 15 is 0 Å². The molecule has 0 saturated carbocycles. The molecule has 1 aliphatic rings. The molecule has 1 heterocycles. The molecular weight excluding hydrogens is 404 g/mol. The maximum atomic E-state index is 12.9. The quantitative estimate of drug-likeness (QED) is 0.374. The molecular formula is C30H44N2O. The van der Waals surface area contributed by atoms with Gasteiger partial charge in [-0.3, -0.25) is 4.79 Å². The number of unbranched alkanes of at least 4 members (excludes halogenated alkanes) is 1. The van der Waals surface area contributed by atoms with Crippen LogP contribution in [-0.4, -0.2) is 17.4 Å². The second-order valence-corrected chi connectivity index (χ2v) is 8.99. The Bertz CT molecular complexity index is 828.